The molecule has 0 aliphatic heterocycles. The van der Waals surface area contributed by atoms with E-state index in [1.165, 1.54) is 11.8 Å². The Bertz CT molecular complexity index is 1310. The average molecular weight is 418 g/mol. The number of hydrogen-bond donors (Lipinski definition) is 1. The van der Waals surface area contributed by atoms with Crippen molar-refractivity contribution in [3.63, 3.8) is 0 Å². The van der Waals surface area contributed by atoms with Gasteiger partial charge in [-0.3, -0.25) is 9.20 Å². The van der Waals surface area contributed by atoms with Gasteiger partial charge in [-0.25, -0.2) is 9.97 Å². The molecule has 2 unspecified atom stereocenters. The number of imidazole rings is 1. The predicted molar refractivity (Wildman–Crippen MR) is 120 cm³/mol. The molecule has 2 aromatic carbocycles. The molecule has 0 fully saturated rings. The van der Waals surface area contributed by atoms with Gasteiger partial charge in [-0.2, -0.15) is 5.26 Å². The molecule has 0 radical (unpaired) electrons. The summed E-state index contributed by atoms with van der Waals surface area (Å²) >= 11 is 1.37. The molecule has 0 aliphatic rings. The molecule has 4 rings (SSSR count). The van der Waals surface area contributed by atoms with Crippen molar-refractivity contribution in [3.05, 3.63) is 48.5 Å². The Morgan fingerprint density at radius 2 is 1.77 bits per heavy atom. The Balaban J connectivity index is 1.78. The lowest BCUT2D eigenvalue weighted by molar-refractivity contribution is -0.121. The Kier molecular flexibility index (Phi) is 5.12. The van der Waals surface area contributed by atoms with Crippen LogP contribution < -0.4 is 5.32 Å². The molecule has 152 valence electrons. The summed E-state index contributed by atoms with van der Waals surface area (Å²) in [7, 11) is 0. The standard InChI is InChI=1S/C23H23N5OS/c1-14(2)23(4,13-24)27-21(29)15(3)30-22-26-17-10-6-5-9-16(17)20-25-18-11-7-8-12-19(18)28(20)22/h5-12,14-15H,1-4H3,(H,27,29). The Hall–Kier alpha value is -3.11. The summed E-state index contributed by atoms with van der Waals surface area (Å²) in [6.07, 6.45) is 0. The third-order valence-corrected chi connectivity index (χ3v) is 6.59. The minimum absolute atomic E-state index is 0.00765. The molecular formula is C23H23N5OS. The highest BCUT2D eigenvalue weighted by molar-refractivity contribution is 8.00. The normalized spacial score (nSPS) is 14.7. The van der Waals surface area contributed by atoms with Crippen molar-refractivity contribution in [1.82, 2.24) is 19.7 Å². The molecule has 0 saturated heterocycles. The fraction of sp³-hybridized carbons (Fsp3) is 0.304. The van der Waals surface area contributed by atoms with E-state index in [9.17, 15) is 10.1 Å². The van der Waals surface area contributed by atoms with Gasteiger partial charge in [0.15, 0.2) is 5.16 Å². The first-order chi connectivity index (χ1) is 14.3. The maximum absolute atomic E-state index is 12.9. The second-order valence-corrected chi connectivity index (χ2v) is 9.20. The maximum Gasteiger partial charge on any atom is 0.234 e. The van der Waals surface area contributed by atoms with Gasteiger partial charge >= 0.3 is 0 Å². The number of rotatable bonds is 5. The number of hydrogen-bond acceptors (Lipinski definition) is 5. The largest absolute Gasteiger partial charge is 0.337 e. The van der Waals surface area contributed by atoms with Crippen LogP contribution >= 0.6 is 11.8 Å². The zero-order valence-electron chi connectivity index (χ0n) is 17.4. The molecule has 0 bridgehead atoms. The molecule has 6 nitrogen and oxygen atoms in total. The molecular weight excluding hydrogens is 394 g/mol. The van der Waals surface area contributed by atoms with Gasteiger partial charge in [0.05, 0.1) is 27.9 Å². The Labute approximate surface area is 179 Å². The lowest BCUT2D eigenvalue weighted by atomic mass is 9.90. The summed E-state index contributed by atoms with van der Waals surface area (Å²) in [6, 6.07) is 18.0. The number of fused-ring (bicyclic) bond motifs is 5. The van der Waals surface area contributed by atoms with Crippen LogP contribution in [-0.4, -0.2) is 31.1 Å². The van der Waals surface area contributed by atoms with Gasteiger partial charge in [-0.1, -0.05) is 49.9 Å². The van der Waals surface area contributed by atoms with Gasteiger partial charge in [0.1, 0.15) is 11.2 Å². The summed E-state index contributed by atoms with van der Waals surface area (Å²) in [6.45, 7) is 7.43. The van der Waals surface area contributed by atoms with E-state index in [0.717, 1.165) is 27.6 Å². The van der Waals surface area contributed by atoms with Crippen LogP contribution in [0.5, 0.6) is 0 Å². The number of benzene rings is 2. The minimum Gasteiger partial charge on any atom is -0.337 e. The molecule has 0 saturated carbocycles. The molecule has 0 spiro atoms. The molecule has 2 atom stereocenters. The van der Waals surface area contributed by atoms with Crippen LogP contribution in [0.2, 0.25) is 0 Å². The molecule has 7 heteroatoms. The SMILES string of the molecule is CC(Sc1nc2ccccc2c2nc3ccccc3n12)C(=O)NC(C)(C#N)C(C)C. The molecule has 2 aromatic heterocycles. The quantitative estimate of drug-likeness (QED) is 0.380. The fourth-order valence-corrected chi connectivity index (χ4v) is 4.19. The lowest BCUT2D eigenvalue weighted by Gasteiger charge is -2.28. The van der Waals surface area contributed by atoms with Crippen LogP contribution in [0.15, 0.2) is 53.7 Å². The Morgan fingerprint density at radius 3 is 2.47 bits per heavy atom. The number of nitriles is 1. The zero-order valence-corrected chi connectivity index (χ0v) is 18.2. The van der Waals surface area contributed by atoms with Gasteiger partial charge in [0, 0.05) is 5.39 Å². The van der Waals surface area contributed by atoms with Gasteiger partial charge in [0.25, 0.3) is 0 Å². The van der Waals surface area contributed by atoms with Crippen LogP contribution in [0.25, 0.3) is 27.6 Å². The highest BCUT2D eigenvalue weighted by atomic mass is 32.2. The smallest absolute Gasteiger partial charge is 0.234 e. The van der Waals surface area contributed by atoms with Crippen molar-refractivity contribution in [2.24, 2.45) is 5.92 Å². The van der Waals surface area contributed by atoms with Gasteiger partial charge < -0.3 is 5.32 Å². The molecule has 0 aliphatic carbocycles. The van der Waals surface area contributed by atoms with Gasteiger partial charge in [-0.05, 0) is 44.0 Å². The number of para-hydroxylation sites is 3. The molecule has 1 N–H and O–H groups in total. The van der Waals surface area contributed by atoms with E-state index < -0.39 is 10.8 Å². The van der Waals surface area contributed by atoms with E-state index >= 15 is 0 Å². The first-order valence-corrected chi connectivity index (χ1v) is 10.8. The van der Waals surface area contributed by atoms with E-state index in [1.807, 2.05) is 73.7 Å². The lowest BCUT2D eigenvalue weighted by Crippen LogP contribution is -2.51. The van der Waals surface area contributed by atoms with Crippen LogP contribution in [0, 0.1) is 17.2 Å². The molecule has 4 aromatic rings. The van der Waals surface area contributed by atoms with Gasteiger partial charge in [0.2, 0.25) is 5.91 Å². The summed E-state index contributed by atoms with van der Waals surface area (Å²) in [4.78, 5) is 22.6. The third-order valence-electron chi connectivity index (χ3n) is 5.53. The Morgan fingerprint density at radius 1 is 1.10 bits per heavy atom. The highest BCUT2D eigenvalue weighted by Crippen LogP contribution is 2.31. The molecule has 1 amide bonds. The fourth-order valence-electron chi connectivity index (χ4n) is 3.26. The highest BCUT2D eigenvalue weighted by Gasteiger charge is 2.32. The molecule has 2 heterocycles. The predicted octanol–water partition coefficient (Wildman–Crippen LogP) is 4.57. The minimum atomic E-state index is -0.917. The van der Waals surface area contributed by atoms with Crippen LogP contribution in [0.3, 0.4) is 0 Å². The summed E-state index contributed by atoms with van der Waals surface area (Å²) in [5.41, 5.74) is 2.57. The third kappa shape index (κ3) is 3.37. The summed E-state index contributed by atoms with van der Waals surface area (Å²) in [5.74, 6) is -0.197. The van der Waals surface area contributed by atoms with Crippen molar-refractivity contribution >= 4 is 45.3 Å². The van der Waals surface area contributed by atoms with Gasteiger partial charge in [-0.15, -0.1) is 0 Å². The first kappa shape index (κ1) is 20.2. The van der Waals surface area contributed by atoms with Crippen molar-refractivity contribution < 1.29 is 4.79 Å². The van der Waals surface area contributed by atoms with E-state index in [-0.39, 0.29) is 11.8 Å². The maximum atomic E-state index is 12.9. The van der Waals surface area contributed by atoms with Crippen LogP contribution in [-0.2, 0) is 4.79 Å². The van der Waals surface area contributed by atoms with Crippen molar-refractivity contribution in [1.29, 1.82) is 5.26 Å². The summed E-state index contributed by atoms with van der Waals surface area (Å²) < 4.78 is 2.01. The van der Waals surface area contributed by atoms with Crippen molar-refractivity contribution in [2.45, 2.75) is 43.6 Å². The van der Waals surface area contributed by atoms with E-state index in [4.69, 9.17) is 9.97 Å². The number of aromatic nitrogens is 3. The monoisotopic (exact) mass is 417 g/mol. The number of amides is 1. The van der Waals surface area contributed by atoms with E-state index in [0.29, 0.717) is 5.16 Å². The van der Waals surface area contributed by atoms with Crippen LogP contribution in [0.1, 0.15) is 27.7 Å². The summed E-state index contributed by atoms with van der Waals surface area (Å²) in [5, 5.41) is 13.7. The van der Waals surface area contributed by atoms with E-state index in [2.05, 4.69) is 11.4 Å². The number of nitrogens with zero attached hydrogens (tertiary/aromatic N) is 4. The van der Waals surface area contributed by atoms with Crippen LogP contribution in [0.4, 0.5) is 0 Å². The number of nitrogens with one attached hydrogen (secondary N) is 1. The van der Waals surface area contributed by atoms with Crippen molar-refractivity contribution in [3.8, 4) is 6.07 Å². The average Bonchev–Trinajstić information content (AvgIpc) is 3.13. The second-order valence-electron chi connectivity index (χ2n) is 7.89. The number of carbonyl (C=O) groups excluding carboxylic acids is 1. The second kappa shape index (κ2) is 7.62. The molecule has 30 heavy (non-hydrogen) atoms. The number of carbonyl (C=O) groups is 1. The van der Waals surface area contributed by atoms with Crippen molar-refractivity contribution in [2.75, 3.05) is 0 Å². The topological polar surface area (TPSA) is 83.1 Å². The number of thioether (sulfide) groups is 1. The van der Waals surface area contributed by atoms with E-state index in [1.54, 1.807) is 6.92 Å². The first-order valence-electron chi connectivity index (χ1n) is 9.90. The zero-order chi connectivity index (χ0) is 21.5.